The zero-order valence-electron chi connectivity index (χ0n) is 16.0. The molecule has 150 valence electrons. The summed E-state index contributed by atoms with van der Waals surface area (Å²) in [5.74, 6) is -2.61. The first-order valence-electron chi connectivity index (χ1n) is 9.22. The molecule has 1 aromatic rings. The number of esters is 1. The van der Waals surface area contributed by atoms with Gasteiger partial charge >= 0.3 is 5.97 Å². The molecule has 0 unspecified atom stereocenters. The summed E-state index contributed by atoms with van der Waals surface area (Å²) in [6.45, 7) is 2.91. The highest BCUT2D eigenvalue weighted by Gasteiger charge is 2.36. The molecule has 1 saturated carbocycles. The summed E-state index contributed by atoms with van der Waals surface area (Å²) in [6, 6.07) is 6.07. The van der Waals surface area contributed by atoms with Crippen molar-refractivity contribution in [3.8, 4) is 6.07 Å². The van der Waals surface area contributed by atoms with E-state index in [4.69, 9.17) is 4.74 Å². The molecular weight excluding hydrogens is 365 g/mol. The number of amides is 2. The number of hydrogen-bond donors (Lipinski definition) is 2. The molecule has 28 heavy (non-hydrogen) atoms. The van der Waals surface area contributed by atoms with Crippen molar-refractivity contribution in [2.45, 2.75) is 51.1 Å². The van der Waals surface area contributed by atoms with Crippen LogP contribution in [0.3, 0.4) is 0 Å². The molecule has 1 aliphatic carbocycles. The minimum atomic E-state index is -0.971. The molecule has 2 N–H and O–H groups in total. The molecule has 0 bridgehead atoms. The van der Waals surface area contributed by atoms with Crippen LogP contribution in [-0.4, -0.2) is 36.0 Å². The third-order valence-electron chi connectivity index (χ3n) is 4.71. The van der Waals surface area contributed by atoms with Gasteiger partial charge in [-0.25, -0.2) is 9.18 Å². The van der Waals surface area contributed by atoms with E-state index in [0.717, 1.165) is 25.0 Å². The van der Waals surface area contributed by atoms with E-state index in [0.29, 0.717) is 12.8 Å². The molecule has 0 aliphatic heterocycles. The lowest BCUT2D eigenvalue weighted by molar-refractivity contribution is -0.151. The largest absolute Gasteiger partial charge is 0.454 e. The number of carbonyl (C=O) groups is 3. The Labute approximate surface area is 163 Å². The van der Waals surface area contributed by atoms with Crippen molar-refractivity contribution in [1.82, 2.24) is 10.6 Å². The summed E-state index contributed by atoms with van der Waals surface area (Å²) in [5.41, 5.74) is -0.688. The van der Waals surface area contributed by atoms with E-state index in [9.17, 15) is 24.0 Å². The van der Waals surface area contributed by atoms with Crippen molar-refractivity contribution in [3.63, 3.8) is 0 Å². The molecule has 1 aromatic carbocycles. The molecule has 0 spiro atoms. The van der Waals surface area contributed by atoms with Gasteiger partial charge in [0.1, 0.15) is 17.4 Å². The molecule has 7 nitrogen and oxygen atoms in total. The van der Waals surface area contributed by atoms with Crippen LogP contribution >= 0.6 is 0 Å². The van der Waals surface area contributed by atoms with Gasteiger partial charge in [0.15, 0.2) is 6.61 Å². The maximum atomic E-state index is 13.0. The molecule has 1 aliphatic rings. The highest BCUT2D eigenvalue weighted by molar-refractivity contribution is 5.97. The van der Waals surface area contributed by atoms with E-state index >= 15 is 0 Å². The number of carbonyl (C=O) groups excluding carboxylic acids is 3. The highest BCUT2D eigenvalue weighted by Crippen LogP contribution is 2.28. The number of nitrogens with zero attached hydrogens (tertiary/aromatic N) is 1. The van der Waals surface area contributed by atoms with E-state index in [1.54, 1.807) is 13.8 Å². The fourth-order valence-electron chi connectivity index (χ4n) is 3.10. The van der Waals surface area contributed by atoms with Crippen molar-refractivity contribution in [2.24, 2.45) is 5.92 Å². The molecule has 2 amide bonds. The fraction of sp³-hybridized carbons (Fsp3) is 0.500. The van der Waals surface area contributed by atoms with E-state index in [1.165, 1.54) is 12.1 Å². The van der Waals surface area contributed by atoms with Crippen molar-refractivity contribution < 1.29 is 23.5 Å². The van der Waals surface area contributed by atoms with Gasteiger partial charge in [0.25, 0.3) is 11.8 Å². The van der Waals surface area contributed by atoms with Crippen molar-refractivity contribution in [1.29, 1.82) is 5.26 Å². The van der Waals surface area contributed by atoms with Gasteiger partial charge in [-0.1, -0.05) is 13.8 Å². The van der Waals surface area contributed by atoms with Crippen LogP contribution in [0.5, 0.6) is 0 Å². The third kappa shape index (κ3) is 5.52. The monoisotopic (exact) mass is 389 g/mol. The molecule has 0 radical (unpaired) electrons. The Hall–Kier alpha value is -2.95. The van der Waals surface area contributed by atoms with Crippen LogP contribution in [0.1, 0.15) is 49.9 Å². The number of nitrogens with one attached hydrogen (secondary N) is 2. The minimum absolute atomic E-state index is 0.204. The molecule has 2 rings (SSSR count). The predicted octanol–water partition coefficient (Wildman–Crippen LogP) is 2.08. The van der Waals surface area contributed by atoms with Crippen LogP contribution in [0.2, 0.25) is 0 Å². The summed E-state index contributed by atoms with van der Waals surface area (Å²) in [4.78, 5) is 36.7. The van der Waals surface area contributed by atoms with Gasteiger partial charge in [0.2, 0.25) is 0 Å². The topological polar surface area (TPSA) is 108 Å². The summed E-state index contributed by atoms with van der Waals surface area (Å²) < 4.78 is 18.0. The Balaban J connectivity index is 1.91. The average molecular weight is 389 g/mol. The van der Waals surface area contributed by atoms with Gasteiger partial charge in [-0.2, -0.15) is 5.26 Å². The smallest absolute Gasteiger partial charge is 0.329 e. The van der Waals surface area contributed by atoms with Crippen LogP contribution < -0.4 is 10.6 Å². The van der Waals surface area contributed by atoms with Gasteiger partial charge in [-0.05, 0) is 55.9 Å². The van der Waals surface area contributed by atoms with Crippen LogP contribution in [-0.2, 0) is 14.3 Å². The minimum Gasteiger partial charge on any atom is -0.454 e. The van der Waals surface area contributed by atoms with Crippen LogP contribution in [0.4, 0.5) is 4.39 Å². The Morgan fingerprint density at radius 3 is 2.36 bits per heavy atom. The summed E-state index contributed by atoms with van der Waals surface area (Å²) in [7, 11) is 0. The Bertz CT molecular complexity index is 765. The van der Waals surface area contributed by atoms with E-state index < -0.39 is 41.8 Å². The number of halogens is 1. The standard InChI is InChI=1S/C20H24FN3O4/c1-13(2)17(23-18(26)14-5-7-15(21)8-6-14)19(27)28-11-16(25)24-20(12-22)9-3-4-10-20/h5-8,13,17H,3-4,9-11H2,1-2H3,(H,23,26)(H,24,25)/t17-/m0/s1. The van der Waals surface area contributed by atoms with Crippen LogP contribution in [0.15, 0.2) is 24.3 Å². The second-order valence-corrected chi connectivity index (χ2v) is 7.26. The molecule has 0 saturated heterocycles. The van der Waals surface area contributed by atoms with Gasteiger partial charge in [-0.15, -0.1) is 0 Å². The Morgan fingerprint density at radius 1 is 1.21 bits per heavy atom. The molecule has 0 heterocycles. The first kappa shape index (κ1) is 21.4. The normalized spacial score (nSPS) is 16.1. The van der Waals surface area contributed by atoms with Gasteiger partial charge < -0.3 is 15.4 Å². The van der Waals surface area contributed by atoms with Gasteiger partial charge in [-0.3, -0.25) is 9.59 Å². The maximum Gasteiger partial charge on any atom is 0.329 e. The fourth-order valence-corrected chi connectivity index (χ4v) is 3.10. The Morgan fingerprint density at radius 2 is 1.82 bits per heavy atom. The molecule has 8 heteroatoms. The summed E-state index contributed by atoms with van der Waals surface area (Å²) in [6.07, 6.45) is 2.87. The first-order chi connectivity index (χ1) is 13.3. The number of ether oxygens (including phenoxy) is 1. The lowest BCUT2D eigenvalue weighted by Gasteiger charge is -2.23. The first-order valence-corrected chi connectivity index (χ1v) is 9.22. The number of nitriles is 1. The summed E-state index contributed by atoms with van der Waals surface area (Å²) >= 11 is 0. The second kappa shape index (κ2) is 9.31. The number of benzene rings is 1. The number of hydrogen-bond acceptors (Lipinski definition) is 5. The molecular formula is C20H24FN3O4. The van der Waals surface area contributed by atoms with Crippen molar-refractivity contribution in [3.05, 3.63) is 35.6 Å². The van der Waals surface area contributed by atoms with Gasteiger partial charge in [0, 0.05) is 5.56 Å². The third-order valence-corrected chi connectivity index (χ3v) is 4.71. The quantitative estimate of drug-likeness (QED) is 0.694. The SMILES string of the molecule is CC(C)[C@H](NC(=O)c1ccc(F)cc1)C(=O)OCC(=O)NC1(C#N)CCCC1. The molecule has 0 aromatic heterocycles. The van der Waals surface area contributed by atoms with Crippen molar-refractivity contribution >= 4 is 17.8 Å². The lowest BCUT2D eigenvalue weighted by atomic mass is 10.00. The van der Waals surface area contributed by atoms with Crippen molar-refractivity contribution in [2.75, 3.05) is 6.61 Å². The molecule has 1 fully saturated rings. The average Bonchev–Trinajstić information content (AvgIpc) is 3.13. The lowest BCUT2D eigenvalue weighted by Crippen LogP contribution is -2.49. The zero-order chi connectivity index (χ0) is 20.7. The summed E-state index contributed by atoms with van der Waals surface area (Å²) in [5, 5.41) is 14.5. The molecule has 1 atom stereocenters. The predicted molar refractivity (Wildman–Crippen MR) is 98.4 cm³/mol. The maximum absolute atomic E-state index is 13.0. The number of rotatable bonds is 7. The van der Waals surface area contributed by atoms with Gasteiger partial charge in [0.05, 0.1) is 6.07 Å². The highest BCUT2D eigenvalue weighted by atomic mass is 19.1. The van der Waals surface area contributed by atoms with Crippen LogP contribution in [0, 0.1) is 23.1 Å². The second-order valence-electron chi connectivity index (χ2n) is 7.26. The van der Waals surface area contributed by atoms with E-state index in [2.05, 4.69) is 16.7 Å². The van der Waals surface area contributed by atoms with E-state index in [-0.39, 0.29) is 11.5 Å². The van der Waals surface area contributed by atoms with Crippen LogP contribution in [0.25, 0.3) is 0 Å². The van der Waals surface area contributed by atoms with E-state index in [1.807, 2.05) is 0 Å². The Kier molecular flexibility index (Phi) is 7.10. The zero-order valence-corrected chi connectivity index (χ0v) is 16.0.